The highest BCUT2D eigenvalue weighted by Crippen LogP contribution is 2.19. The van der Waals surface area contributed by atoms with Crippen LogP contribution in [0.1, 0.15) is 18.6 Å². The number of hydrogen-bond acceptors (Lipinski definition) is 5. The number of nitrogens with zero attached hydrogens (tertiary/aromatic N) is 4. The molecule has 1 atom stereocenters. The molecule has 1 N–H and O–H groups in total. The van der Waals surface area contributed by atoms with Gasteiger partial charge in [-0.2, -0.15) is 0 Å². The third-order valence-electron chi connectivity index (χ3n) is 3.81. The predicted molar refractivity (Wildman–Crippen MR) is 82.1 cm³/mol. The Morgan fingerprint density at radius 3 is 2.60 bits per heavy atom. The maximum Gasteiger partial charge on any atom is 0.128 e. The number of aliphatic hydroxyl groups is 1. The number of piperazine rings is 1. The molecular weight excluding hydrogens is 252 g/mol. The van der Waals surface area contributed by atoms with Gasteiger partial charge in [0.2, 0.25) is 0 Å². The highest BCUT2D eigenvalue weighted by atomic mass is 16.3. The summed E-state index contributed by atoms with van der Waals surface area (Å²) < 4.78 is 0. The Hall–Kier alpha value is -1.17. The van der Waals surface area contributed by atoms with E-state index in [4.69, 9.17) is 0 Å². The summed E-state index contributed by atoms with van der Waals surface area (Å²) in [4.78, 5) is 11.5. The van der Waals surface area contributed by atoms with E-state index in [1.807, 2.05) is 12.1 Å². The first-order valence-electron chi connectivity index (χ1n) is 7.32. The van der Waals surface area contributed by atoms with Crippen LogP contribution in [0, 0.1) is 0 Å². The zero-order chi connectivity index (χ0) is 14.5. The van der Waals surface area contributed by atoms with Crippen LogP contribution in [0.5, 0.6) is 0 Å². The molecule has 0 saturated carbocycles. The van der Waals surface area contributed by atoms with Crippen molar-refractivity contribution in [1.82, 2.24) is 14.8 Å². The van der Waals surface area contributed by atoms with Gasteiger partial charge in [0.1, 0.15) is 5.82 Å². The minimum Gasteiger partial charge on any atom is -0.389 e. The zero-order valence-corrected chi connectivity index (χ0v) is 12.8. The van der Waals surface area contributed by atoms with E-state index in [-0.39, 0.29) is 0 Å². The van der Waals surface area contributed by atoms with Gasteiger partial charge in [-0.15, -0.1) is 0 Å². The van der Waals surface area contributed by atoms with Crippen molar-refractivity contribution in [2.75, 3.05) is 58.3 Å². The summed E-state index contributed by atoms with van der Waals surface area (Å²) in [7, 11) is 4.23. The maximum atomic E-state index is 9.65. The smallest absolute Gasteiger partial charge is 0.128 e. The molecule has 0 aliphatic carbocycles. The highest BCUT2D eigenvalue weighted by Gasteiger charge is 2.18. The van der Waals surface area contributed by atoms with Crippen molar-refractivity contribution in [3.63, 3.8) is 0 Å². The Bertz CT molecular complexity index is 414. The standard InChI is InChI=1S/C15H26N4O/c1-13(20)14-4-5-16-15(12-14)19-10-8-18(9-11-19)7-6-17(2)3/h4-5,12-13,20H,6-11H2,1-3H3/t13-/m0/s1. The first-order chi connectivity index (χ1) is 9.56. The summed E-state index contributed by atoms with van der Waals surface area (Å²) in [5, 5.41) is 9.65. The minimum absolute atomic E-state index is 0.432. The lowest BCUT2D eigenvalue weighted by atomic mass is 10.1. The Morgan fingerprint density at radius 2 is 2.00 bits per heavy atom. The topological polar surface area (TPSA) is 42.8 Å². The molecule has 0 amide bonds. The van der Waals surface area contributed by atoms with Gasteiger partial charge in [0.25, 0.3) is 0 Å². The first-order valence-corrected chi connectivity index (χ1v) is 7.32. The van der Waals surface area contributed by atoms with Crippen LogP contribution in [-0.4, -0.2) is 73.3 Å². The summed E-state index contributed by atoms with van der Waals surface area (Å²) in [5.74, 6) is 0.982. The third-order valence-corrected chi connectivity index (χ3v) is 3.81. The fourth-order valence-electron chi connectivity index (χ4n) is 2.41. The highest BCUT2D eigenvalue weighted by molar-refractivity contribution is 5.42. The molecule has 20 heavy (non-hydrogen) atoms. The average Bonchev–Trinajstić information content (AvgIpc) is 2.46. The van der Waals surface area contributed by atoms with E-state index in [0.717, 1.165) is 50.6 Å². The van der Waals surface area contributed by atoms with Gasteiger partial charge in [0.15, 0.2) is 0 Å². The number of hydrogen-bond donors (Lipinski definition) is 1. The molecule has 2 rings (SSSR count). The van der Waals surface area contributed by atoms with E-state index >= 15 is 0 Å². The van der Waals surface area contributed by atoms with Gasteiger partial charge in [0.05, 0.1) is 6.10 Å². The van der Waals surface area contributed by atoms with Crippen LogP contribution in [0.25, 0.3) is 0 Å². The summed E-state index contributed by atoms with van der Waals surface area (Å²) in [6.07, 6.45) is 1.36. The molecule has 0 radical (unpaired) electrons. The van der Waals surface area contributed by atoms with E-state index in [2.05, 4.69) is 33.8 Å². The lowest BCUT2D eigenvalue weighted by Gasteiger charge is -2.36. The lowest BCUT2D eigenvalue weighted by molar-refractivity contribution is 0.199. The Kier molecular flexibility index (Phi) is 5.34. The number of likely N-dealkylation sites (N-methyl/N-ethyl adjacent to an activating group) is 1. The summed E-state index contributed by atoms with van der Waals surface area (Å²) in [5.41, 5.74) is 0.935. The second-order valence-corrected chi connectivity index (χ2v) is 5.76. The van der Waals surface area contributed by atoms with Gasteiger partial charge >= 0.3 is 0 Å². The van der Waals surface area contributed by atoms with Gasteiger partial charge in [-0.3, -0.25) is 4.90 Å². The molecule has 1 aromatic rings. The number of pyridine rings is 1. The van der Waals surface area contributed by atoms with E-state index in [1.54, 1.807) is 13.1 Å². The van der Waals surface area contributed by atoms with Gasteiger partial charge in [-0.1, -0.05) is 0 Å². The van der Waals surface area contributed by atoms with E-state index in [0.29, 0.717) is 0 Å². The second kappa shape index (κ2) is 7.02. The van der Waals surface area contributed by atoms with Crippen molar-refractivity contribution in [2.45, 2.75) is 13.0 Å². The molecule has 0 aromatic carbocycles. The normalized spacial score (nSPS) is 18.6. The number of rotatable bonds is 5. The average molecular weight is 278 g/mol. The first kappa shape index (κ1) is 15.2. The van der Waals surface area contributed by atoms with E-state index in [9.17, 15) is 5.11 Å². The molecule has 1 aromatic heterocycles. The van der Waals surface area contributed by atoms with Crippen molar-refractivity contribution in [1.29, 1.82) is 0 Å². The molecule has 1 aliphatic heterocycles. The van der Waals surface area contributed by atoms with Crippen molar-refractivity contribution >= 4 is 5.82 Å². The Labute approximate surface area is 121 Å². The molecule has 0 unspecified atom stereocenters. The molecule has 112 valence electrons. The van der Waals surface area contributed by atoms with E-state index < -0.39 is 6.10 Å². The number of anilines is 1. The van der Waals surface area contributed by atoms with Crippen molar-refractivity contribution < 1.29 is 5.11 Å². The van der Waals surface area contributed by atoms with Crippen LogP contribution in [0.4, 0.5) is 5.82 Å². The second-order valence-electron chi connectivity index (χ2n) is 5.76. The van der Waals surface area contributed by atoms with Crippen LogP contribution >= 0.6 is 0 Å². The monoisotopic (exact) mass is 278 g/mol. The van der Waals surface area contributed by atoms with Gasteiger partial charge in [-0.05, 0) is 38.7 Å². The fraction of sp³-hybridized carbons (Fsp3) is 0.667. The molecule has 0 spiro atoms. The van der Waals surface area contributed by atoms with Crippen molar-refractivity contribution in [3.05, 3.63) is 23.9 Å². The van der Waals surface area contributed by atoms with Gasteiger partial charge in [-0.25, -0.2) is 4.98 Å². The molecule has 0 bridgehead atoms. The minimum atomic E-state index is -0.432. The maximum absolute atomic E-state index is 9.65. The molecule has 1 saturated heterocycles. The molecule has 2 heterocycles. The molecular formula is C15H26N4O. The van der Waals surface area contributed by atoms with Crippen molar-refractivity contribution in [2.24, 2.45) is 0 Å². The van der Waals surface area contributed by atoms with Crippen LogP contribution in [-0.2, 0) is 0 Å². The van der Waals surface area contributed by atoms with Crippen molar-refractivity contribution in [3.8, 4) is 0 Å². The molecule has 1 fully saturated rings. The van der Waals surface area contributed by atoms with E-state index in [1.165, 1.54) is 0 Å². The largest absolute Gasteiger partial charge is 0.389 e. The summed E-state index contributed by atoms with van der Waals surface area (Å²) in [6.45, 7) is 8.19. The summed E-state index contributed by atoms with van der Waals surface area (Å²) >= 11 is 0. The third kappa shape index (κ3) is 4.16. The number of aliphatic hydroxyl groups excluding tert-OH is 1. The Balaban J connectivity index is 1.88. The fourth-order valence-corrected chi connectivity index (χ4v) is 2.41. The van der Waals surface area contributed by atoms with Crippen LogP contribution < -0.4 is 4.90 Å². The quantitative estimate of drug-likeness (QED) is 0.864. The predicted octanol–water partition coefficient (Wildman–Crippen LogP) is 0.818. The van der Waals surface area contributed by atoms with Crippen LogP contribution in [0.15, 0.2) is 18.3 Å². The van der Waals surface area contributed by atoms with Gasteiger partial charge in [0, 0.05) is 45.5 Å². The lowest BCUT2D eigenvalue weighted by Crippen LogP contribution is -2.48. The van der Waals surface area contributed by atoms with Gasteiger partial charge < -0.3 is 14.9 Å². The molecule has 5 nitrogen and oxygen atoms in total. The molecule has 1 aliphatic rings. The SMILES string of the molecule is C[C@H](O)c1ccnc(N2CCN(CCN(C)C)CC2)c1. The Morgan fingerprint density at radius 1 is 1.30 bits per heavy atom. The molecule has 5 heteroatoms. The van der Waals surface area contributed by atoms with Crippen LogP contribution in [0.2, 0.25) is 0 Å². The number of aromatic nitrogens is 1. The zero-order valence-electron chi connectivity index (χ0n) is 12.8. The summed E-state index contributed by atoms with van der Waals surface area (Å²) in [6, 6.07) is 3.88. The van der Waals surface area contributed by atoms with Crippen LogP contribution in [0.3, 0.4) is 0 Å².